The lowest BCUT2D eigenvalue weighted by atomic mass is 9.88. The Balaban J connectivity index is 1.02. The molecule has 4 amide bonds. The third kappa shape index (κ3) is 7.61. The molecule has 0 unspecified atom stereocenters. The molecular formula is C41H51N5O10S. The topological polar surface area (TPSA) is 192 Å². The van der Waals surface area contributed by atoms with Gasteiger partial charge in [-0.2, -0.15) is 0 Å². The molecule has 4 heterocycles. The van der Waals surface area contributed by atoms with Crippen LogP contribution in [0.3, 0.4) is 0 Å². The van der Waals surface area contributed by atoms with E-state index in [1.807, 2.05) is 31.2 Å². The van der Waals surface area contributed by atoms with Crippen molar-refractivity contribution in [3.05, 3.63) is 36.5 Å². The number of allylic oxidation sites excluding steroid dienone is 1. The molecule has 0 spiro atoms. The van der Waals surface area contributed by atoms with E-state index in [-0.39, 0.29) is 43.2 Å². The van der Waals surface area contributed by atoms with Crippen LogP contribution in [0.2, 0.25) is 0 Å². The van der Waals surface area contributed by atoms with Crippen molar-refractivity contribution < 1.29 is 46.5 Å². The summed E-state index contributed by atoms with van der Waals surface area (Å²) in [5.74, 6) is 0.239. The quantitative estimate of drug-likeness (QED) is 0.346. The molecule has 10 atom stereocenters. The van der Waals surface area contributed by atoms with Gasteiger partial charge in [0, 0.05) is 29.3 Å². The number of nitrogens with one attached hydrogen (secondary N) is 3. The van der Waals surface area contributed by atoms with Gasteiger partial charge in [0.25, 0.3) is 5.91 Å². The first kappa shape index (κ1) is 37.9. The van der Waals surface area contributed by atoms with Gasteiger partial charge in [-0.15, -0.1) is 0 Å². The Kier molecular flexibility index (Phi) is 9.75. The van der Waals surface area contributed by atoms with Gasteiger partial charge < -0.3 is 34.5 Å². The molecule has 306 valence electrons. The van der Waals surface area contributed by atoms with Gasteiger partial charge in [0.1, 0.15) is 43.0 Å². The minimum atomic E-state index is -3.90. The average Bonchev–Trinajstić information content (AvgIpc) is 4.14. The summed E-state index contributed by atoms with van der Waals surface area (Å²) >= 11 is 0. The Morgan fingerprint density at radius 2 is 1.75 bits per heavy atom. The number of alkyl carbamates (subject to hydrolysis) is 1. The molecule has 4 aliphatic carbocycles. The molecule has 3 N–H and O–H groups in total. The largest absolute Gasteiger partial charge is 0.486 e. The van der Waals surface area contributed by atoms with Crippen molar-refractivity contribution in [2.24, 2.45) is 29.6 Å². The molecule has 0 bridgehead atoms. The minimum absolute atomic E-state index is 0.0143. The van der Waals surface area contributed by atoms with Crippen LogP contribution in [0.5, 0.6) is 17.4 Å². The maximum Gasteiger partial charge on any atom is 0.408 e. The van der Waals surface area contributed by atoms with Crippen LogP contribution in [0.25, 0.3) is 10.8 Å². The van der Waals surface area contributed by atoms with Crippen molar-refractivity contribution in [3.8, 4) is 17.4 Å². The monoisotopic (exact) mass is 805 g/mol. The summed E-state index contributed by atoms with van der Waals surface area (Å²) in [6.07, 6.45) is 10.0. The highest BCUT2D eigenvalue weighted by Gasteiger charge is 2.62. The summed E-state index contributed by atoms with van der Waals surface area (Å²) in [6.45, 7) is 4.85. The van der Waals surface area contributed by atoms with Crippen molar-refractivity contribution in [3.63, 3.8) is 0 Å². The highest BCUT2D eigenvalue weighted by molar-refractivity contribution is 7.91. The third-order valence-corrected chi connectivity index (χ3v) is 14.9. The number of carbonyl (C=O) groups excluding carboxylic acids is 4. The number of aromatic nitrogens is 1. The highest BCUT2D eigenvalue weighted by Crippen LogP contribution is 2.52. The zero-order chi connectivity index (χ0) is 39.6. The van der Waals surface area contributed by atoms with Gasteiger partial charge in [0.15, 0.2) is 11.5 Å². The van der Waals surface area contributed by atoms with Crippen LogP contribution in [0, 0.1) is 29.6 Å². The number of fused-ring (bicyclic) bond motifs is 6. The molecule has 15 nitrogen and oxygen atoms in total. The Morgan fingerprint density at radius 1 is 0.965 bits per heavy atom. The molecule has 2 aromatic rings. The van der Waals surface area contributed by atoms with Crippen LogP contribution in [0.15, 0.2) is 36.5 Å². The highest BCUT2D eigenvalue weighted by atomic mass is 32.2. The minimum Gasteiger partial charge on any atom is -0.486 e. The lowest BCUT2D eigenvalue weighted by Crippen LogP contribution is -2.59. The van der Waals surface area contributed by atoms with Crippen LogP contribution in [-0.2, 0) is 29.1 Å². The smallest absolute Gasteiger partial charge is 0.408 e. The number of sulfonamides is 1. The third-order valence-electron chi connectivity index (χ3n) is 13.1. The first-order chi connectivity index (χ1) is 27.4. The second-order valence-electron chi connectivity index (χ2n) is 17.4. The molecular weight excluding hydrogens is 755 g/mol. The van der Waals surface area contributed by atoms with E-state index in [1.165, 1.54) is 11.3 Å². The Morgan fingerprint density at radius 3 is 2.54 bits per heavy atom. The molecule has 9 rings (SSSR count). The van der Waals surface area contributed by atoms with Gasteiger partial charge in [-0.3, -0.25) is 19.1 Å². The normalized spacial score (nSPS) is 35.3. The molecule has 5 fully saturated rings. The van der Waals surface area contributed by atoms with Gasteiger partial charge in [-0.25, -0.2) is 18.2 Å². The first-order valence-electron chi connectivity index (χ1n) is 20.5. The van der Waals surface area contributed by atoms with Gasteiger partial charge in [0.05, 0.1) is 11.8 Å². The van der Waals surface area contributed by atoms with Crippen molar-refractivity contribution >= 4 is 44.6 Å². The van der Waals surface area contributed by atoms with E-state index >= 15 is 0 Å². The van der Waals surface area contributed by atoms with E-state index in [2.05, 4.69) is 27.3 Å². The SMILES string of the molecule is C[C@H]1CC/C=C\[C@@H]2C[C@@]2(C(=O)NS(=O)(=O)C2CC2)NC(=O)[C@@H]2C[C@@H](Oc3nccc4c5c(ccc34)OCCO5)CN2C(=O)[C@@H](NC(=O)O[C@@H]2C[C@@H]3C[C@@H]3C2)[C@H](C)C1. The summed E-state index contributed by atoms with van der Waals surface area (Å²) in [4.78, 5) is 62.7. The maximum atomic E-state index is 14.9. The van der Waals surface area contributed by atoms with Crippen molar-refractivity contribution in [2.75, 3.05) is 19.8 Å². The Hall–Kier alpha value is -4.60. The van der Waals surface area contributed by atoms with Crippen LogP contribution < -0.4 is 29.6 Å². The van der Waals surface area contributed by atoms with Crippen LogP contribution in [0.4, 0.5) is 4.79 Å². The van der Waals surface area contributed by atoms with Crippen molar-refractivity contribution in [1.82, 2.24) is 25.2 Å². The number of rotatable bonds is 7. The van der Waals surface area contributed by atoms with E-state index in [9.17, 15) is 27.6 Å². The number of nitrogens with zero attached hydrogens (tertiary/aromatic N) is 2. The molecule has 1 aromatic heterocycles. The van der Waals surface area contributed by atoms with E-state index in [1.54, 1.807) is 12.3 Å². The van der Waals surface area contributed by atoms with Crippen LogP contribution in [0.1, 0.15) is 78.1 Å². The zero-order valence-corrected chi connectivity index (χ0v) is 33.1. The lowest BCUT2D eigenvalue weighted by molar-refractivity contribution is -0.142. The summed E-state index contributed by atoms with van der Waals surface area (Å²) in [7, 11) is -3.90. The number of benzene rings is 1. The summed E-state index contributed by atoms with van der Waals surface area (Å²) < 4.78 is 52.2. The second kappa shape index (κ2) is 14.7. The summed E-state index contributed by atoms with van der Waals surface area (Å²) in [5.41, 5.74) is -1.51. The van der Waals surface area contributed by atoms with Gasteiger partial charge in [-0.1, -0.05) is 26.0 Å². The molecule has 3 aliphatic heterocycles. The lowest BCUT2D eigenvalue weighted by Gasteiger charge is -2.33. The predicted molar refractivity (Wildman–Crippen MR) is 206 cm³/mol. The number of amides is 4. The molecule has 57 heavy (non-hydrogen) atoms. The van der Waals surface area contributed by atoms with Gasteiger partial charge in [0.2, 0.25) is 27.7 Å². The second-order valence-corrected chi connectivity index (χ2v) is 19.4. The standard InChI is InChI=1S/C41H51N5O10S/c1-22-5-3-4-6-26-20-41(26,39(49)45-57(51,52)29-7-8-29)44-36(47)32-19-28(55-37-31-9-10-33-35(54-14-13-53-33)30(31)11-12-42-37)21-46(32)38(48)34(23(2)15-22)43-40(50)56-27-17-24-16-25(24)18-27/h4,6,9-12,22-29,32,34H,3,5,7-8,13-21H2,1-2H3,(H,43,50)(H,44,47)(H,45,49)/b6-4-/t22-,23+,24-,25+,26+,27+,28+,32-,34-,41+/m0/s1. The summed E-state index contributed by atoms with van der Waals surface area (Å²) in [6, 6.07) is 3.31. The number of hydrogen-bond acceptors (Lipinski definition) is 11. The number of ether oxygens (including phenoxy) is 4. The molecule has 7 aliphatic rings. The van der Waals surface area contributed by atoms with Crippen molar-refractivity contribution in [1.29, 1.82) is 0 Å². The molecule has 1 aromatic carbocycles. The fourth-order valence-electron chi connectivity index (χ4n) is 9.56. The van der Waals surface area contributed by atoms with E-state index in [0.29, 0.717) is 67.6 Å². The number of hydrogen-bond donors (Lipinski definition) is 3. The molecule has 16 heteroatoms. The number of pyridine rings is 1. The van der Waals surface area contributed by atoms with E-state index in [0.717, 1.165) is 24.6 Å². The molecule has 4 saturated carbocycles. The van der Waals surface area contributed by atoms with E-state index < -0.39 is 68.7 Å². The Bertz CT molecular complexity index is 2100. The molecule has 1 saturated heterocycles. The average molecular weight is 806 g/mol. The van der Waals surface area contributed by atoms with Crippen LogP contribution >= 0.6 is 0 Å². The fraction of sp³-hybridized carbons (Fsp3) is 0.634. The van der Waals surface area contributed by atoms with Crippen LogP contribution in [-0.4, -0.2) is 97.0 Å². The summed E-state index contributed by atoms with van der Waals surface area (Å²) in [5, 5.41) is 6.60. The Labute approximate surface area is 332 Å². The van der Waals surface area contributed by atoms with Gasteiger partial charge in [-0.05, 0) is 99.7 Å². The van der Waals surface area contributed by atoms with Gasteiger partial charge >= 0.3 is 6.09 Å². The maximum absolute atomic E-state index is 14.9. The predicted octanol–water partition coefficient (Wildman–Crippen LogP) is 3.74. The van der Waals surface area contributed by atoms with E-state index in [4.69, 9.17) is 18.9 Å². The number of carbonyl (C=O) groups is 4. The molecule has 0 radical (unpaired) electrons. The first-order valence-corrected chi connectivity index (χ1v) is 22.1. The fourth-order valence-corrected chi connectivity index (χ4v) is 10.9. The van der Waals surface area contributed by atoms with Crippen molar-refractivity contribution in [2.45, 2.75) is 113 Å². The zero-order valence-electron chi connectivity index (χ0n) is 32.3.